The lowest BCUT2D eigenvalue weighted by molar-refractivity contribution is -0.135. The van der Waals surface area contributed by atoms with Crippen molar-refractivity contribution in [3.05, 3.63) is 63.6 Å². The quantitative estimate of drug-likeness (QED) is 0.768. The number of likely N-dealkylation sites (N-methyl/N-ethyl adjacent to an activating group) is 1. The molecule has 0 saturated carbocycles. The minimum absolute atomic E-state index is 0.0285. The fraction of sp³-hybridized carbons (Fsp3) is 0.211. The number of nitrogens with one attached hydrogen (secondary N) is 1. The number of esters is 1. The molecule has 0 aliphatic carbocycles. The molecule has 6 nitrogen and oxygen atoms in total. The number of hydrogen-bond donors (Lipinski definition) is 1. The highest BCUT2D eigenvalue weighted by Gasteiger charge is 2.32. The summed E-state index contributed by atoms with van der Waals surface area (Å²) >= 11 is 11.7. The summed E-state index contributed by atoms with van der Waals surface area (Å²) in [5.41, 5.74) is 1.63. The van der Waals surface area contributed by atoms with Crippen LogP contribution < -0.4 is 5.32 Å². The van der Waals surface area contributed by atoms with Gasteiger partial charge in [-0.05, 0) is 24.3 Å². The van der Waals surface area contributed by atoms with E-state index < -0.39 is 12.1 Å². The highest BCUT2D eigenvalue weighted by Crippen LogP contribution is 2.33. The topological polar surface area (TPSA) is 75.7 Å². The number of fused-ring (bicyclic) bond motifs is 1. The Morgan fingerprint density at radius 1 is 1.15 bits per heavy atom. The smallest absolute Gasteiger partial charge is 0.339 e. The number of carbonyl (C=O) groups is 3. The molecule has 0 aromatic heterocycles. The Bertz CT molecular complexity index is 916. The monoisotopic (exact) mass is 406 g/mol. The van der Waals surface area contributed by atoms with E-state index in [1.165, 1.54) is 18.0 Å². The fourth-order valence-corrected chi connectivity index (χ4v) is 3.06. The summed E-state index contributed by atoms with van der Waals surface area (Å²) in [6.45, 7) is -0.151. The first-order valence-electron chi connectivity index (χ1n) is 8.14. The average molecular weight is 407 g/mol. The fourth-order valence-electron chi connectivity index (χ4n) is 2.76. The van der Waals surface area contributed by atoms with Crippen molar-refractivity contribution in [3.8, 4) is 0 Å². The molecule has 1 heterocycles. The van der Waals surface area contributed by atoms with Gasteiger partial charge in [-0.3, -0.25) is 9.59 Å². The van der Waals surface area contributed by atoms with Crippen LogP contribution in [0.15, 0.2) is 42.5 Å². The van der Waals surface area contributed by atoms with Crippen LogP contribution in [0.1, 0.15) is 28.4 Å². The molecule has 0 saturated heterocycles. The van der Waals surface area contributed by atoms with Crippen molar-refractivity contribution in [3.63, 3.8) is 0 Å². The Balaban J connectivity index is 1.57. The summed E-state index contributed by atoms with van der Waals surface area (Å²) < 4.78 is 5.26. The van der Waals surface area contributed by atoms with E-state index in [9.17, 15) is 14.4 Å². The minimum atomic E-state index is -0.637. The number of amides is 2. The standard InChI is InChI=1S/C19H16Cl2N2O4/c1-23(10-17(24)22-11-6-7-14(20)15(21)8-11)18(25)9-16-12-4-2-3-5-13(12)19(26)27-16/h2-8,16H,9-10H2,1H3,(H,22,24)/t16-/m1/s1. The van der Waals surface area contributed by atoms with Crippen molar-refractivity contribution in [1.82, 2.24) is 4.90 Å². The van der Waals surface area contributed by atoms with Gasteiger partial charge in [-0.25, -0.2) is 4.79 Å². The molecule has 1 N–H and O–H groups in total. The summed E-state index contributed by atoms with van der Waals surface area (Å²) in [4.78, 5) is 37.7. The Kier molecular flexibility index (Phi) is 5.68. The molecule has 1 atom stereocenters. The Morgan fingerprint density at radius 2 is 1.89 bits per heavy atom. The molecule has 0 spiro atoms. The van der Waals surface area contributed by atoms with Crippen molar-refractivity contribution in [2.24, 2.45) is 0 Å². The molecular formula is C19H16Cl2N2O4. The SMILES string of the molecule is CN(CC(=O)Nc1ccc(Cl)c(Cl)c1)C(=O)C[C@H]1OC(=O)c2ccccc21. The van der Waals surface area contributed by atoms with Gasteiger partial charge in [0, 0.05) is 18.3 Å². The largest absolute Gasteiger partial charge is 0.453 e. The number of hydrogen-bond acceptors (Lipinski definition) is 4. The van der Waals surface area contributed by atoms with Gasteiger partial charge in [0.25, 0.3) is 0 Å². The Labute approximate surface area is 166 Å². The van der Waals surface area contributed by atoms with Gasteiger partial charge in [0.05, 0.1) is 28.6 Å². The van der Waals surface area contributed by atoms with Crippen LogP contribution in [0.25, 0.3) is 0 Å². The van der Waals surface area contributed by atoms with Gasteiger partial charge >= 0.3 is 5.97 Å². The van der Waals surface area contributed by atoms with Crippen LogP contribution in [0, 0.1) is 0 Å². The zero-order valence-corrected chi connectivity index (χ0v) is 15.9. The van der Waals surface area contributed by atoms with E-state index in [1.54, 1.807) is 36.4 Å². The number of nitrogens with zero attached hydrogens (tertiary/aromatic N) is 1. The van der Waals surface area contributed by atoms with Crippen LogP contribution in [-0.4, -0.2) is 36.3 Å². The van der Waals surface area contributed by atoms with Crippen LogP contribution in [-0.2, 0) is 14.3 Å². The molecule has 0 fully saturated rings. The van der Waals surface area contributed by atoms with E-state index in [4.69, 9.17) is 27.9 Å². The predicted molar refractivity (Wildman–Crippen MR) is 102 cm³/mol. The lowest BCUT2D eigenvalue weighted by atomic mass is 10.0. The number of carbonyl (C=O) groups excluding carboxylic acids is 3. The summed E-state index contributed by atoms with van der Waals surface area (Å²) in [5, 5.41) is 3.35. The van der Waals surface area contributed by atoms with Gasteiger partial charge in [-0.1, -0.05) is 41.4 Å². The normalized spacial score (nSPS) is 15.1. The third-order valence-corrected chi connectivity index (χ3v) is 4.89. The number of ether oxygens (including phenoxy) is 1. The summed E-state index contributed by atoms with van der Waals surface area (Å²) in [6, 6.07) is 11.7. The third-order valence-electron chi connectivity index (χ3n) is 4.15. The Morgan fingerprint density at radius 3 is 2.63 bits per heavy atom. The number of halogens is 2. The van der Waals surface area contributed by atoms with Crippen molar-refractivity contribution < 1.29 is 19.1 Å². The average Bonchev–Trinajstić information content (AvgIpc) is 2.94. The molecular weight excluding hydrogens is 391 g/mol. The molecule has 2 amide bonds. The number of rotatable bonds is 5. The molecule has 2 aromatic carbocycles. The maximum Gasteiger partial charge on any atom is 0.339 e. The molecule has 8 heteroatoms. The maximum absolute atomic E-state index is 12.4. The van der Waals surface area contributed by atoms with Crippen LogP contribution >= 0.6 is 23.2 Å². The summed E-state index contributed by atoms with van der Waals surface area (Å²) in [6.07, 6.45) is -0.666. The van der Waals surface area contributed by atoms with Gasteiger partial charge in [0.1, 0.15) is 6.10 Å². The lowest BCUT2D eigenvalue weighted by Crippen LogP contribution is -2.35. The van der Waals surface area contributed by atoms with Crippen LogP contribution in [0.5, 0.6) is 0 Å². The van der Waals surface area contributed by atoms with Crippen molar-refractivity contribution in [1.29, 1.82) is 0 Å². The molecule has 1 aliphatic rings. The molecule has 2 aromatic rings. The molecule has 0 bridgehead atoms. The molecule has 3 rings (SSSR count). The van der Waals surface area contributed by atoms with Crippen molar-refractivity contribution in [2.45, 2.75) is 12.5 Å². The highest BCUT2D eigenvalue weighted by molar-refractivity contribution is 6.42. The summed E-state index contributed by atoms with van der Waals surface area (Å²) in [7, 11) is 1.51. The van der Waals surface area contributed by atoms with E-state index in [2.05, 4.69) is 5.32 Å². The zero-order valence-electron chi connectivity index (χ0n) is 14.4. The molecule has 1 aliphatic heterocycles. The van der Waals surface area contributed by atoms with E-state index in [1.807, 2.05) is 0 Å². The van der Waals surface area contributed by atoms with E-state index in [0.29, 0.717) is 26.9 Å². The number of anilines is 1. The Hall–Kier alpha value is -2.57. The second-order valence-electron chi connectivity index (χ2n) is 6.11. The van der Waals surface area contributed by atoms with E-state index in [-0.39, 0.29) is 24.8 Å². The van der Waals surface area contributed by atoms with Gasteiger partial charge in [0.15, 0.2) is 0 Å². The van der Waals surface area contributed by atoms with Gasteiger partial charge < -0.3 is 15.0 Å². The van der Waals surface area contributed by atoms with Gasteiger partial charge in [0.2, 0.25) is 11.8 Å². The first kappa shape index (κ1) is 19.2. The molecule has 0 radical (unpaired) electrons. The predicted octanol–water partition coefficient (Wildman–Crippen LogP) is 3.69. The molecule has 27 heavy (non-hydrogen) atoms. The van der Waals surface area contributed by atoms with Crippen molar-refractivity contribution >= 4 is 46.7 Å². The van der Waals surface area contributed by atoms with Gasteiger partial charge in [-0.15, -0.1) is 0 Å². The van der Waals surface area contributed by atoms with Crippen LogP contribution in [0.2, 0.25) is 10.0 Å². The van der Waals surface area contributed by atoms with Gasteiger partial charge in [-0.2, -0.15) is 0 Å². The second-order valence-corrected chi connectivity index (χ2v) is 6.93. The first-order valence-corrected chi connectivity index (χ1v) is 8.89. The molecule has 140 valence electrons. The summed E-state index contributed by atoms with van der Waals surface area (Å²) in [5.74, 6) is -1.13. The minimum Gasteiger partial charge on any atom is -0.453 e. The van der Waals surface area contributed by atoms with Crippen molar-refractivity contribution in [2.75, 3.05) is 18.9 Å². The lowest BCUT2D eigenvalue weighted by Gasteiger charge is -2.19. The first-order chi connectivity index (χ1) is 12.8. The number of cyclic esters (lactones) is 1. The highest BCUT2D eigenvalue weighted by atomic mass is 35.5. The van der Waals surface area contributed by atoms with E-state index >= 15 is 0 Å². The maximum atomic E-state index is 12.4. The number of benzene rings is 2. The van der Waals surface area contributed by atoms with Crippen LogP contribution in [0.3, 0.4) is 0 Å². The molecule has 0 unspecified atom stereocenters. The van der Waals surface area contributed by atoms with E-state index in [0.717, 1.165) is 0 Å². The zero-order chi connectivity index (χ0) is 19.6. The second kappa shape index (κ2) is 7.98. The third kappa shape index (κ3) is 4.40. The van der Waals surface area contributed by atoms with Crippen LogP contribution in [0.4, 0.5) is 5.69 Å².